The molecule has 5 nitrogen and oxygen atoms in total. The third kappa shape index (κ3) is 1.75. The van der Waals surface area contributed by atoms with Crippen molar-refractivity contribution in [1.82, 2.24) is 0 Å². The van der Waals surface area contributed by atoms with E-state index in [-0.39, 0.29) is 22.8 Å². The van der Waals surface area contributed by atoms with E-state index in [0.717, 1.165) is 4.88 Å². The molecule has 2 aromatic rings. The number of anilines is 1. The fourth-order valence-corrected chi connectivity index (χ4v) is 2.45. The van der Waals surface area contributed by atoms with Crippen LogP contribution in [0.1, 0.15) is 11.1 Å². The lowest BCUT2D eigenvalue weighted by Crippen LogP contribution is -2.18. The van der Waals surface area contributed by atoms with E-state index in [4.69, 9.17) is 10.5 Å². The molecule has 18 heavy (non-hydrogen) atoms. The van der Waals surface area contributed by atoms with Crippen LogP contribution in [0.3, 0.4) is 0 Å². The Bertz CT molecular complexity index is 665. The normalized spacial score (nSPS) is 9.50. The lowest BCUT2D eigenvalue weighted by atomic mass is 10.0. The molecule has 0 aromatic carbocycles. The molecule has 0 saturated heterocycles. The minimum atomic E-state index is 0.191. The van der Waals surface area contributed by atoms with E-state index < -0.39 is 0 Å². The molecule has 0 unspecified atom stereocenters. The highest BCUT2D eigenvalue weighted by atomic mass is 32.1. The monoisotopic (exact) mass is 257 g/mol. The number of aromatic amines is 1. The number of methoxy groups -OCH3 is 1. The minimum absolute atomic E-state index is 0.191. The number of aromatic nitrogens is 1. The van der Waals surface area contributed by atoms with Crippen LogP contribution in [0.15, 0.2) is 17.5 Å². The molecule has 0 saturated carbocycles. The van der Waals surface area contributed by atoms with Crippen molar-refractivity contribution < 1.29 is 9.72 Å². The van der Waals surface area contributed by atoms with Crippen LogP contribution in [0.4, 0.5) is 5.82 Å². The first kappa shape index (κ1) is 11.9. The van der Waals surface area contributed by atoms with E-state index in [1.165, 1.54) is 18.4 Å². The van der Waals surface area contributed by atoms with Crippen LogP contribution in [0.25, 0.3) is 10.4 Å². The number of pyridine rings is 1. The zero-order valence-electron chi connectivity index (χ0n) is 9.52. The first-order valence-corrected chi connectivity index (χ1v) is 5.87. The Kier molecular flexibility index (Phi) is 3.13. The van der Waals surface area contributed by atoms with E-state index >= 15 is 0 Å². The van der Waals surface area contributed by atoms with E-state index in [1.807, 2.05) is 29.7 Å². The van der Waals surface area contributed by atoms with Crippen molar-refractivity contribution in [2.24, 2.45) is 0 Å². The summed E-state index contributed by atoms with van der Waals surface area (Å²) in [4.78, 5) is 3.52. The number of nitrogens with one attached hydrogen (secondary N) is 1. The maximum absolute atomic E-state index is 9.24. The number of thiophene rings is 1. The summed E-state index contributed by atoms with van der Waals surface area (Å²) in [7, 11) is 1.44. The predicted octanol–water partition coefficient (Wildman–Crippen LogP) is 1.56. The lowest BCUT2D eigenvalue weighted by molar-refractivity contribution is -0.376. The molecule has 3 N–H and O–H groups in total. The van der Waals surface area contributed by atoms with Gasteiger partial charge in [-0.3, -0.25) is 5.73 Å². The topological polar surface area (TPSA) is 97.0 Å². The molecule has 88 valence electrons. The van der Waals surface area contributed by atoms with Gasteiger partial charge in [0.25, 0.3) is 5.82 Å². The van der Waals surface area contributed by atoms with Crippen LogP contribution in [0, 0.1) is 22.7 Å². The third-order valence-electron chi connectivity index (χ3n) is 2.44. The summed E-state index contributed by atoms with van der Waals surface area (Å²) in [6.45, 7) is 0. The Morgan fingerprint density at radius 3 is 2.56 bits per heavy atom. The summed E-state index contributed by atoms with van der Waals surface area (Å²) in [5, 5.41) is 20.3. The highest BCUT2D eigenvalue weighted by Crippen LogP contribution is 2.35. The van der Waals surface area contributed by atoms with Crippen LogP contribution in [-0.2, 0) is 0 Å². The van der Waals surface area contributed by atoms with Gasteiger partial charge in [0.15, 0.2) is 5.56 Å². The van der Waals surface area contributed by atoms with Crippen molar-refractivity contribution in [3.05, 3.63) is 28.6 Å². The predicted molar refractivity (Wildman–Crippen MR) is 66.7 cm³/mol. The van der Waals surface area contributed by atoms with Crippen molar-refractivity contribution in [1.29, 1.82) is 10.5 Å². The van der Waals surface area contributed by atoms with Gasteiger partial charge in [-0.2, -0.15) is 10.5 Å². The lowest BCUT2D eigenvalue weighted by Gasteiger charge is -2.07. The highest BCUT2D eigenvalue weighted by molar-refractivity contribution is 7.13. The molecular weight excluding hydrogens is 248 g/mol. The second kappa shape index (κ2) is 4.74. The van der Waals surface area contributed by atoms with Crippen molar-refractivity contribution in [2.75, 3.05) is 12.8 Å². The van der Waals surface area contributed by atoms with Crippen molar-refractivity contribution in [2.45, 2.75) is 0 Å². The number of ether oxygens (including phenoxy) is 1. The molecule has 2 rings (SSSR count). The van der Waals surface area contributed by atoms with Gasteiger partial charge in [-0.15, -0.1) is 11.3 Å². The van der Waals surface area contributed by atoms with Crippen LogP contribution < -0.4 is 15.5 Å². The van der Waals surface area contributed by atoms with Crippen LogP contribution in [-0.4, -0.2) is 7.11 Å². The molecule has 0 bridgehead atoms. The molecule has 2 heterocycles. The van der Waals surface area contributed by atoms with Crippen LogP contribution in [0.5, 0.6) is 5.88 Å². The molecule has 0 aliphatic heterocycles. The molecule has 0 radical (unpaired) electrons. The number of nitrogens with zero attached hydrogens (tertiary/aromatic N) is 2. The van der Waals surface area contributed by atoms with Crippen molar-refractivity contribution in [3.63, 3.8) is 0 Å². The SMILES string of the molecule is COc1[nH+]c(N)c(C#N)c(-c2cccs2)c1C#N. The Labute approximate surface area is 108 Å². The van der Waals surface area contributed by atoms with E-state index in [9.17, 15) is 10.5 Å². The molecule has 0 spiro atoms. The number of nitrogens with two attached hydrogens (primary N) is 1. The Morgan fingerprint density at radius 1 is 1.33 bits per heavy atom. The molecule has 0 aliphatic rings. The summed E-state index contributed by atoms with van der Waals surface area (Å²) < 4.78 is 5.09. The maximum Gasteiger partial charge on any atom is 0.300 e. The van der Waals surface area contributed by atoms with Crippen molar-refractivity contribution in [3.8, 4) is 28.5 Å². The smallest absolute Gasteiger partial charge is 0.300 e. The average molecular weight is 257 g/mol. The number of hydrogen-bond acceptors (Lipinski definition) is 5. The standard InChI is InChI=1S/C12H8N4OS/c1-17-12-8(6-14)10(9-3-2-4-18-9)7(5-13)11(15)16-12/h2-4H,1H3,(H2,15,16)/p+1. The quantitative estimate of drug-likeness (QED) is 0.882. The Balaban J connectivity index is 2.88. The second-order valence-electron chi connectivity index (χ2n) is 3.40. The number of nitrogen functional groups attached to an aromatic ring is 1. The van der Waals surface area contributed by atoms with Gasteiger partial charge in [-0.1, -0.05) is 6.07 Å². The number of rotatable bonds is 2. The van der Waals surface area contributed by atoms with Gasteiger partial charge in [0.05, 0.1) is 7.11 Å². The highest BCUT2D eigenvalue weighted by Gasteiger charge is 2.24. The van der Waals surface area contributed by atoms with Gasteiger partial charge in [-0.25, -0.2) is 4.98 Å². The summed E-state index contributed by atoms with van der Waals surface area (Å²) in [5.74, 6) is 0.453. The fraction of sp³-hybridized carbons (Fsp3) is 0.0833. The number of H-pyrrole nitrogens is 1. The minimum Gasteiger partial charge on any atom is -0.465 e. The third-order valence-corrected chi connectivity index (χ3v) is 3.33. The molecule has 2 aromatic heterocycles. The molecule has 6 heteroatoms. The summed E-state index contributed by atoms with van der Waals surface area (Å²) in [6.07, 6.45) is 0. The van der Waals surface area contributed by atoms with Gasteiger partial charge in [0.1, 0.15) is 17.7 Å². The van der Waals surface area contributed by atoms with E-state index in [0.29, 0.717) is 5.56 Å². The molecule has 0 amide bonds. The maximum atomic E-state index is 9.24. The largest absolute Gasteiger partial charge is 0.465 e. The second-order valence-corrected chi connectivity index (χ2v) is 4.35. The molecule has 0 fully saturated rings. The number of nitriles is 2. The molecule has 0 aliphatic carbocycles. The van der Waals surface area contributed by atoms with E-state index in [1.54, 1.807) is 0 Å². The van der Waals surface area contributed by atoms with Gasteiger partial charge in [-0.05, 0) is 11.4 Å². The van der Waals surface area contributed by atoms with Gasteiger partial charge >= 0.3 is 5.88 Å². The summed E-state index contributed by atoms with van der Waals surface area (Å²) in [6, 6.07) is 7.75. The summed E-state index contributed by atoms with van der Waals surface area (Å²) in [5.41, 5.74) is 6.83. The zero-order chi connectivity index (χ0) is 13.1. The Morgan fingerprint density at radius 2 is 2.06 bits per heavy atom. The van der Waals surface area contributed by atoms with Crippen LogP contribution >= 0.6 is 11.3 Å². The molecule has 0 atom stereocenters. The van der Waals surface area contributed by atoms with Gasteiger partial charge in [0.2, 0.25) is 0 Å². The van der Waals surface area contributed by atoms with Gasteiger partial charge in [0, 0.05) is 10.4 Å². The number of hydrogen-bond donors (Lipinski definition) is 1. The van der Waals surface area contributed by atoms with Gasteiger partial charge < -0.3 is 4.74 Å². The van der Waals surface area contributed by atoms with E-state index in [2.05, 4.69) is 4.98 Å². The fourth-order valence-electron chi connectivity index (χ4n) is 1.66. The average Bonchev–Trinajstić information content (AvgIpc) is 2.90. The molecular formula is C12H9N4OS+. The zero-order valence-corrected chi connectivity index (χ0v) is 10.3. The summed E-state index contributed by atoms with van der Waals surface area (Å²) >= 11 is 1.44. The van der Waals surface area contributed by atoms with Crippen LogP contribution in [0.2, 0.25) is 0 Å². The first-order chi connectivity index (χ1) is 8.72. The van der Waals surface area contributed by atoms with Crippen molar-refractivity contribution >= 4 is 17.2 Å². The first-order valence-electron chi connectivity index (χ1n) is 4.99. The Hall–Kier alpha value is -2.57.